The molecule has 2 N–H and O–H groups in total. The average Bonchev–Trinajstić information content (AvgIpc) is 2.57. The van der Waals surface area contributed by atoms with Gasteiger partial charge in [-0.15, -0.1) is 0 Å². The highest BCUT2D eigenvalue weighted by Crippen LogP contribution is 2.64. The maximum atomic E-state index is 13.8. The van der Waals surface area contributed by atoms with Crippen LogP contribution in [0.5, 0.6) is 0 Å². The molecule has 0 aliphatic rings. The molecule has 0 aromatic heterocycles. The lowest BCUT2D eigenvalue weighted by Crippen LogP contribution is -2.75. The van der Waals surface area contributed by atoms with Crippen LogP contribution in [0, 0.1) is 5.92 Å². The monoisotopic (exact) mass is 512 g/mol. The summed E-state index contributed by atoms with van der Waals surface area (Å²) in [4.78, 5) is 10.5. The number of aliphatic hydroxyl groups excluding tert-OH is 1. The Balaban J connectivity index is 6.64. The second-order valence-corrected chi connectivity index (χ2v) is 6.38. The second-order valence-electron chi connectivity index (χ2n) is 6.38. The Morgan fingerprint density at radius 2 is 1.12 bits per heavy atom. The van der Waals surface area contributed by atoms with E-state index in [2.05, 4.69) is 0 Å². The smallest absolute Gasteiger partial charge is 0.438 e. The molecule has 0 amide bonds. The molecule has 0 spiro atoms. The van der Waals surface area contributed by atoms with Crippen molar-refractivity contribution in [3.8, 4) is 0 Å². The molecular weight excluding hydrogens is 501 g/mol. The highest BCUT2D eigenvalue weighted by molar-refractivity contribution is 5.85. The fraction of sp³-hybridized carbons (Fsp3) is 0.786. The van der Waals surface area contributed by atoms with Crippen LogP contribution in [0.25, 0.3) is 0 Å². The third-order valence-corrected chi connectivity index (χ3v) is 4.04. The van der Waals surface area contributed by atoms with Crippen LogP contribution in [0.1, 0.15) is 13.3 Å². The number of carboxylic acid groups (broad SMARTS) is 1. The van der Waals surface area contributed by atoms with E-state index in [1.807, 2.05) is 0 Å². The zero-order valence-corrected chi connectivity index (χ0v) is 15.0. The molecule has 0 saturated carbocycles. The summed E-state index contributed by atoms with van der Waals surface area (Å²) in [7, 11) is 0. The number of halogens is 15. The quantitative estimate of drug-likeness (QED) is 0.322. The molecule has 3 nitrogen and oxygen atoms in total. The highest BCUT2D eigenvalue weighted by atomic mass is 19.4. The van der Waals surface area contributed by atoms with Gasteiger partial charge in [0.05, 0.1) is 0 Å². The van der Waals surface area contributed by atoms with Crippen molar-refractivity contribution in [1.82, 2.24) is 0 Å². The van der Waals surface area contributed by atoms with Crippen molar-refractivity contribution in [1.29, 1.82) is 0 Å². The summed E-state index contributed by atoms with van der Waals surface area (Å²) in [6.07, 6.45) is -18.8. The van der Waals surface area contributed by atoms with E-state index < -0.39 is 72.2 Å². The van der Waals surface area contributed by atoms with Gasteiger partial charge in [-0.1, -0.05) is 6.08 Å². The van der Waals surface area contributed by atoms with Gasteiger partial charge in [-0.2, -0.15) is 61.5 Å². The minimum atomic E-state index is -8.52. The Kier molecular flexibility index (Phi) is 7.98. The molecule has 18 heteroatoms. The normalized spacial score (nSPS) is 16.8. The Morgan fingerprint density at radius 3 is 1.41 bits per heavy atom. The van der Waals surface area contributed by atoms with E-state index in [4.69, 9.17) is 10.2 Å². The summed E-state index contributed by atoms with van der Waals surface area (Å²) in [6.45, 7) is -1.12. The van der Waals surface area contributed by atoms with Crippen molar-refractivity contribution < 1.29 is 80.9 Å². The third-order valence-electron chi connectivity index (χ3n) is 4.04. The number of carbonyl (C=O) groups is 1. The van der Waals surface area contributed by atoms with Crippen LogP contribution in [0.3, 0.4) is 0 Å². The van der Waals surface area contributed by atoms with Gasteiger partial charge in [0.15, 0.2) is 0 Å². The molecule has 0 aliphatic heterocycles. The fourth-order valence-electron chi connectivity index (χ4n) is 2.22. The van der Waals surface area contributed by atoms with Crippen LogP contribution in [-0.2, 0) is 4.79 Å². The number of hydrogen-bond donors (Lipinski definition) is 2. The fourth-order valence-corrected chi connectivity index (χ4v) is 2.22. The van der Waals surface area contributed by atoms with Crippen molar-refractivity contribution in [2.24, 2.45) is 5.92 Å². The Hall–Kier alpha value is -1.88. The zero-order valence-electron chi connectivity index (χ0n) is 15.0. The van der Waals surface area contributed by atoms with E-state index in [1.165, 1.54) is 0 Å². The van der Waals surface area contributed by atoms with Crippen LogP contribution in [0.15, 0.2) is 11.6 Å². The molecule has 0 aromatic rings. The molecule has 0 aliphatic carbocycles. The average molecular weight is 512 g/mol. The molecule has 32 heavy (non-hydrogen) atoms. The molecule has 0 fully saturated rings. The van der Waals surface area contributed by atoms with Crippen LogP contribution in [-0.4, -0.2) is 64.5 Å². The van der Waals surface area contributed by atoms with E-state index in [1.54, 1.807) is 0 Å². The Bertz CT molecular complexity index is 706. The first kappa shape index (κ1) is 30.1. The van der Waals surface area contributed by atoms with Crippen molar-refractivity contribution in [3.63, 3.8) is 0 Å². The van der Waals surface area contributed by atoms with Crippen molar-refractivity contribution in [2.45, 2.75) is 55.1 Å². The summed E-state index contributed by atoms with van der Waals surface area (Å²) < 4.78 is 197. The van der Waals surface area contributed by atoms with Gasteiger partial charge in [-0.3, -0.25) is 0 Å². The summed E-state index contributed by atoms with van der Waals surface area (Å²) >= 11 is 0. The zero-order chi connectivity index (χ0) is 26.4. The largest absolute Gasteiger partial charge is 0.478 e. The number of hydrogen-bond acceptors (Lipinski definition) is 2. The van der Waals surface area contributed by atoms with Crippen LogP contribution >= 0.6 is 0 Å². The second kappa shape index (κ2) is 8.48. The molecule has 1 atom stereocenters. The predicted molar refractivity (Wildman–Crippen MR) is 72.3 cm³/mol. The maximum Gasteiger partial charge on any atom is 0.438 e. The lowest BCUT2D eigenvalue weighted by atomic mass is 9.84. The van der Waals surface area contributed by atoms with E-state index in [9.17, 15) is 70.7 Å². The molecule has 0 heterocycles. The molecule has 1 unspecified atom stereocenters. The van der Waals surface area contributed by atoms with E-state index in [0.717, 1.165) is 0 Å². The van der Waals surface area contributed by atoms with E-state index in [-0.39, 0.29) is 6.08 Å². The minimum Gasteiger partial charge on any atom is -0.478 e. The van der Waals surface area contributed by atoms with E-state index in [0.29, 0.717) is 6.92 Å². The van der Waals surface area contributed by atoms with Crippen molar-refractivity contribution >= 4 is 5.97 Å². The maximum absolute atomic E-state index is 13.8. The topological polar surface area (TPSA) is 57.5 Å². The van der Waals surface area contributed by atoms with E-state index >= 15 is 0 Å². The van der Waals surface area contributed by atoms with Gasteiger partial charge in [0.25, 0.3) is 0 Å². The lowest BCUT2D eigenvalue weighted by Gasteiger charge is -2.43. The minimum absolute atomic E-state index is 0.0491. The van der Waals surface area contributed by atoms with Gasteiger partial charge in [0, 0.05) is 24.5 Å². The first-order chi connectivity index (χ1) is 13.8. The number of carboxylic acids is 1. The predicted octanol–water partition coefficient (Wildman–Crippen LogP) is 5.39. The van der Waals surface area contributed by atoms with Crippen LogP contribution < -0.4 is 0 Å². The summed E-state index contributed by atoms with van der Waals surface area (Å²) in [5.74, 6) is -35.7. The molecule has 190 valence electrons. The lowest BCUT2D eigenvalue weighted by molar-refractivity contribution is -0.457. The summed E-state index contributed by atoms with van der Waals surface area (Å²) in [6, 6.07) is 0. The molecule has 0 aromatic carbocycles. The molecule has 0 bridgehead atoms. The first-order valence-corrected chi connectivity index (χ1v) is 7.62. The highest BCUT2D eigenvalue weighted by Gasteiger charge is 2.95. The van der Waals surface area contributed by atoms with Gasteiger partial charge in [-0.25, -0.2) is 9.18 Å². The molecular formula is C14H11F15O3. The van der Waals surface area contributed by atoms with Gasteiger partial charge >= 0.3 is 47.7 Å². The first-order valence-electron chi connectivity index (χ1n) is 7.62. The molecule has 0 saturated heterocycles. The Morgan fingerprint density at radius 1 is 0.750 bits per heavy atom. The molecule has 0 radical (unpaired) electrons. The summed E-state index contributed by atoms with van der Waals surface area (Å²) in [5, 5.41) is 17.3. The molecule has 0 rings (SSSR count). The summed E-state index contributed by atoms with van der Waals surface area (Å²) in [5.41, 5.74) is -9.36. The van der Waals surface area contributed by atoms with Gasteiger partial charge < -0.3 is 10.2 Å². The standard InChI is InChI=1S/C14H11F15O3/c1-5(7(31)32)2-6(4-30)3-8(15,16)10(18,19)12(22,23)11(20,21)9(17,13(24,25)26)14(27,28)29/h2,6,30H,3-4H2,1H3,(H,31,32). The van der Waals surface area contributed by atoms with Crippen molar-refractivity contribution in [3.05, 3.63) is 11.6 Å². The Labute approximate surface area is 167 Å². The van der Waals surface area contributed by atoms with Crippen LogP contribution in [0.4, 0.5) is 65.9 Å². The van der Waals surface area contributed by atoms with Crippen molar-refractivity contribution in [2.75, 3.05) is 6.61 Å². The number of alkyl halides is 15. The van der Waals surface area contributed by atoms with Crippen LogP contribution in [0.2, 0.25) is 0 Å². The number of aliphatic hydroxyl groups is 1. The number of rotatable bonds is 9. The van der Waals surface area contributed by atoms with Gasteiger partial charge in [0.2, 0.25) is 0 Å². The SMILES string of the molecule is CC(=CC(CO)CC(F)(F)C(F)(F)C(F)(F)C(F)(F)C(F)(C(F)(F)F)C(F)(F)F)C(=O)O. The number of aliphatic carboxylic acids is 1. The van der Waals surface area contributed by atoms with Gasteiger partial charge in [-0.05, 0) is 6.92 Å². The third kappa shape index (κ3) is 4.59. The van der Waals surface area contributed by atoms with Gasteiger partial charge in [0.1, 0.15) is 0 Å².